The molecule has 1 N–H and O–H groups in total. The Kier molecular flexibility index (Phi) is 7.28. The number of amides is 1. The Morgan fingerprint density at radius 3 is 2.42 bits per heavy atom. The van der Waals surface area contributed by atoms with Crippen molar-refractivity contribution in [3.63, 3.8) is 0 Å². The number of carbonyl (C=O) groups excluding carboxylic acids is 1. The average Bonchev–Trinajstić information content (AvgIpc) is 3.32. The molecule has 1 saturated carbocycles. The lowest BCUT2D eigenvalue weighted by atomic mass is 9.95. The highest BCUT2D eigenvalue weighted by molar-refractivity contribution is 7.89. The minimum Gasteiger partial charge on any atom is -0.457 e. The summed E-state index contributed by atoms with van der Waals surface area (Å²) in [5.41, 5.74) is 0.689. The molecular weight excluding hydrogens is 442 g/mol. The van der Waals surface area contributed by atoms with Gasteiger partial charge in [-0.2, -0.15) is 9.57 Å². The van der Waals surface area contributed by atoms with Crippen LogP contribution in [-0.2, 0) is 19.6 Å². The quantitative estimate of drug-likeness (QED) is 0.513. The van der Waals surface area contributed by atoms with Crippen LogP contribution in [0.5, 0.6) is 0 Å². The first kappa shape index (κ1) is 23.2. The molecule has 2 aliphatic rings. The molecule has 1 aromatic heterocycles. The summed E-state index contributed by atoms with van der Waals surface area (Å²) >= 11 is 0. The predicted molar refractivity (Wildman–Crippen MR) is 122 cm³/mol. The van der Waals surface area contributed by atoms with Gasteiger partial charge in [-0.3, -0.25) is 4.79 Å². The van der Waals surface area contributed by atoms with Crippen molar-refractivity contribution in [2.75, 3.05) is 26.3 Å². The highest BCUT2D eigenvalue weighted by Crippen LogP contribution is 2.26. The Morgan fingerprint density at radius 1 is 1.06 bits per heavy atom. The zero-order valence-corrected chi connectivity index (χ0v) is 19.1. The Morgan fingerprint density at radius 2 is 1.76 bits per heavy atom. The van der Waals surface area contributed by atoms with Gasteiger partial charge in [-0.15, -0.1) is 0 Å². The van der Waals surface area contributed by atoms with Crippen LogP contribution in [0.4, 0.5) is 0 Å². The lowest BCUT2D eigenvalue weighted by Gasteiger charge is -2.26. The van der Waals surface area contributed by atoms with Gasteiger partial charge in [-0.25, -0.2) is 8.42 Å². The molecule has 1 aliphatic carbocycles. The molecule has 0 radical (unpaired) electrons. The maximum Gasteiger partial charge on any atom is 0.262 e. The molecule has 1 aliphatic heterocycles. The number of nitrogens with zero attached hydrogens (tertiary/aromatic N) is 2. The van der Waals surface area contributed by atoms with Crippen molar-refractivity contribution in [1.82, 2.24) is 9.62 Å². The van der Waals surface area contributed by atoms with Crippen LogP contribution in [0, 0.1) is 11.3 Å². The number of sulfonamides is 1. The number of nitrogens with one attached hydrogen (secondary N) is 1. The van der Waals surface area contributed by atoms with Crippen LogP contribution in [0.2, 0.25) is 0 Å². The van der Waals surface area contributed by atoms with E-state index in [0.717, 1.165) is 25.7 Å². The Labute approximate surface area is 193 Å². The van der Waals surface area contributed by atoms with E-state index in [0.29, 0.717) is 43.4 Å². The molecule has 2 heterocycles. The number of ether oxygens (including phenoxy) is 1. The summed E-state index contributed by atoms with van der Waals surface area (Å²) in [5.74, 6) is 0.506. The summed E-state index contributed by atoms with van der Waals surface area (Å²) in [6, 6.07) is 11.9. The van der Waals surface area contributed by atoms with E-state index in [1.165, 1.54) is 16.8 Å². The molecule has 174 valence electrons. The van der Waals surface area contributed by atoms with Gasteiger partial charge >= 0.3 is 0 Å². The SMILES string of the molecule is N#CC(=Cc1ccc(-c2ccc(S(=O)(=O)N3CCOCC3)cc2)o1)C(=O)NC1CCCCC1. The van der Waals surface area contributed by atoms with Crippen LogP contribution >= 0.6 is 0 Å². The van der Waals surface area contributed by atoms with E-state index in [2.05, 4.69) is 5.32 Å². The molecule has 0 unspecified atom stereocenters. The van der Waals surface area contributed by atoms with Gasteiger partial charge in [0, 0.05) is 30.8 Å². The first-order chi connectivity index (χ1) is 16.0. The van der Waals surface area contributed by atoms with Crippen molar-refractivity contribution >= 4 is 22.0 Å². The molecule has 1 amide bonds. The molecule has 0 spiro atoms. The molecule has 0 bridgehead atoms. The lowest BCUT2D eigenvalue weighted by molar-refractivity contribution is -0.117. The minimum absolute atomic E-state index is 0.00609. The molecule has 9 heteroatoms. The number of hydrogen-bond donors (Lipinski definition) is 1. The van der Waals surface area contributed by atoms with Gasteiger partial charge in [0.05, 0.1) is 18.1 Å². The second kappa shape index (κ2) is 10.3. The Bertz CT molecular complexity index is 1150. The van der Waals surface area contributed by atoms with Crippen LogP contribution in [0.3, 0.4) is 0 Å². The highest BCUT2D eigenvalue weighted by Gasteiger charge is 2.26. The van der Waals surface area contributed by atoms with E-state index < -0.39 is 10.0 Å². The fourth-order valence-electron chi connectivity index (χ4n) is 4.11. The van der Waals surface area contributed by atoms with Crippen molar-refractivity contribution in [3.05, 3.63) is 47.7 Å². The van der Waals surface area contributed by atoms with Gasteiger partial charge in [0.25, 0.3) is 5.91 Å². The third-order valence-corrected chi connectivity index (χ3v) is 7.88. The zero-order chi connectivity index (χ0) is 23.3. The van der Waals surface area contributed by atoms with Gasteiger partial charge in [0.15, 0.2) is 0 Å². The summed E-state index contributed by atoms with van der Waals surface area (Å²) < 4.78 is 38.0. The fraction of sp³-hybridized carbons (Fsp3) is 0.417. The number of rotatable bonds is 6. The topological polar surface area (TPSA) is 113 Å². The first-order valence-corrected chi connectivity index (χ1v) is 12.6. The lowest BCUT2D eigenvalue weighted by Crippen LogP contribution is -2.40. The average molecular weight is 470 g/mol. The highest BCUT2D eigenvalue weighted by atomic mass is 32.2. The van der Waals surface area contributed by atoms with Gasteiger partial charge in [-0.05, 0) is 49.2 Å². The van der Waals surface area contributed by atoms with Crippen molar-refractivity contribution in [2.45, 2.75) is 43.0 Å². The molecule has 33 heavy (non-hydrogen) atoms. The summed E-state index contributed by atoms with van der Waals surface area (Å²) in [7, 11) is -3.56. The molecule has 8 nitrogen and oxygen atoms in total. The Hall–Kier alpha value is -2.93. The van der Waals surface area contributed by atoms with Crippen molar-refractivity contribution in [2.24, 2.45) is 0 Å². The number of furan rings is 1. The summed E-state index contributed by atoms with van der Waals surface area (Å²) in [6.07, 6.45) is 6.66. The second-order valence-electron chi connectivity index (χ2n) is 8.22. The molecule has 1 aromatic carbocycles. The zero-order valence-electron chi connectivity index (χ0n) is 18.3. The molecule has 4 rings (SSSR count). The molecular formula is C24H27N3O5S. The van der Waals surface area contributed by atoms with Crippen LogP contribution < -0.4 is 5.32 Å². The molecule has 2 aromatic rings. The number of benzene rings is 1. The number of nitriles is 1. The van der Waals surface area contributed by atoms with E-state index in [1.54, 1.807) is 36.4 Å². The van der Waals surface area contributed by atoms with E-state index in [1.807, 2.05) is 6.07 Å². The van der Waals surface area contributed by atoms with Gasteiger partial charge in [0.1, 0.15) is 23.2 Å². The standard InChI is InChI=1S/C24H27N3O5S/c25-17-19(24(28)26-20-4-2-1-3-5-20)16-21-8-11-23(32-21)18-6-9-22(10-7-18)33(29,30)27-12-14-31-15-13-27/h6-11,16,20H,1-5,12-15H2,(H,26,28). The van der Waals surface area contributed by atoms with Crippen molar-refractivity contribution < 1.29 is 22.4 Å². The molecule has 1 saturated heterocycles. The number of hydrogen-bond acceptors (Lipinski definition) is 6. The Balaban J connectivity index is 1.46. The largest absolute Gasteiger partial charge is 0.457 e. The smallest absolute Gasteiger partial charge is 0.262 e. The van der Waals surface area contributed by atoms with Gasteiger partial charge in [0.2, 0.25) is 10.0 Å². The summed E-state index contributed by atoms with van der Waals surface area (Å²) in [4.78, 5) is 12.7. The maximum atomic E-state index is 12.8. The monoisotopic (exact) mass is 469 g/mol. The van der Waals surface area contributed by atoms with E-state index in [9.17, 15) is 18.5 Å². The first-order valence-electron chi connectivity index (χ1n) is 11.2. The third kappa shape index (κ3) is 5.53. The second-order valence-corrected chi connectivity index (χ2v) is 10.2. The van der Waals surface area contributed by atoms with Crippen LogP contribution in [0.1, 0.15) is 37.9 Å². The van der Waals surface area contributed by atoms with E-state index in [4.69, 9.17) is 9.15 Å². The number of carbonyl (C=O) groups is 1. The van der Waals surface area contributed by atoms with Crippen molar-refractivity contribution in [3.8, 4) is 17.4 Å². The van der Waals surface area contributed by atoms with E-state index in [-0.39, 0.29) is 22.4 Å². The summed E-state index contributed by atoms with van der Waals surface area (Å²) in [5, 5.41) is 12.4. The maximum absolute atomic E-state index is 12.8. The minimum atomic E-state index is -3.56. The van der Waals surface area contributed by atoms with E-state index >= 15 is 0 Å². The van der Waals surface area contributed by atoms with Gasteiger partial charge < -0.3 is 14.5 Å². The third-order valence-electron chi connectivity index (χ3n) is 5.97. The van der Waals surface area contributed by atoms with Crippen LogP contribution in [0.25, 0.3) is 17.4 Å². The van der Waals surface area contributed by atoms with Crippen molar-refractivity contribution in [1.29, 1.82) is 5.26 Å². The predicted octanol–water partition coefficient (Wildman–Crippen LogP) is 3.32. The molecule has 0 atom stereocenters. The number of morpholine rings is 1. The van der Waals surface area contributed by atoms with Crippen LogP contribution in [-0.4, -0.2) is 51.0 Å². The normalized spacial score (nSPS) is 18.6. The summed E-state index contributed by atoms with van der Waals surface area (Å²) in [6.45, 7) is 1.47. The molecule has 2 fully saturated rings. The fourth-order valence-corrected chi connectivity index (χ4v) is 5.52. The van der Waals surface area contributed by atoms with Gasteiger partial charge in [-0.1, -0.05) is 19.3 Å². The van der Waals surface area contributed by atoms with Crippen LogP contribution in [0.15, 0.2) is 51.3 Å².